The van der Waals surface area contributed by atoms with Crippen molar-refractivity contribution in [3.8, 4) is 11.5 Å². The fourth-order valence-electron chi connectivity index (χ4n) is 1.89. The number of hydrogen-bond acceptors (Lipinski definition) is 5. The lowest BCUT2D eigenvalue weighted by atomic mass is 10.2. The van der Waals surface area contributed by atoms with E-state index in [0.29, 0.717) is 11.9 Å². The predicted molar refractivity (Wildman–Crippen MR) is 62.6 cm³/mol. The Balaban J connectivity index is 1.71. The van der Waals surface area contributed by atoms with Gasteiger partial charge in [-0.3, -0.25) is 0 Å². The van der Waals surface area contributed by atoms with Crippen LogP contribution in [0.2, 0.25) is 0 Å². The number of benzene rings is 1. The van der Waals surface area contributed by atoms with Crippen LogP contribution in [-0.2, 0) is 4.74 Å². The Bertz CT molecular complexity index is 461. The van der Waals surface area contributed by atoms with E-state index in [9.17, 15) is 0 Å². The standard InChI is InChI=1S/C12H13N3O2/c1-3-10(14-11-5-6-16-7-11)4-2-9(1)12-15-13-8-17-12/h1-4,8,11,14H,5-7H2. The number of hydrogen-bond donors (Lipinski definition) is 1. The fourth-order valence-corrected chi connectivity index (χ4v) is 1.89. The topological polar surface area (TPSA) is 60.2 Å². The van der Waals surface area contributed by atoms with Crippen LogP contribution in [0.4, 0.5) is 5.69 Å². The zero-order valence-electron chi connectivity index (χ0n) is 9.30. The fraction of sp³-hybridized carbons (Fsp3) is 0.333. The van der Waals surface area contributed by atoms with E-state index in [4.69, 9.17) is 9.15 Å². The van der Waals surface area contributed by atoms with Crippen LogP contribution in [0.5, 0.6) is 0 Å². The van der Waals surface area contributed by atoms with Gasteiger partial charge < -0.3 is 14.5 Å². The van der Waals surface area contributed by atoms with Gasteiger partial charge in [-0.1, -0.05) is 0 Å². The molecule has 1 N–H and O–H groups in total. The van der Waals surface area contributed by atoms with Crippen molar-refractivity contribution >= 4 is 5.69 Å². The number of rotatable bonds is 3. The molecule has 1 fully saturated rings. The maximum Gasteiger partial charge on any atom is 0.247 e. The molecule has 1 aromatic heterocycles. The zero-order valence-corrected chi connectivity index (χ0v) is 9.30. The maximum absolute atomic E-state index is 5.32. The van der Waals surface area contributed by atoms with Crippen molar-refractivity contribution in [1.82, 2.24) is 10.2 Å². The molecule has 1 aromatic carbocycles. The quantitative estimate of drug-likeness (QED) is 0.874. The molecule has 2 heterocycles. The Kier molecular flexibility index (Phi) is 2.75. The molecule has 5 heteroatoms. The highest BCUT2D eigenvalue weighted by atomic mass is 16.5. The molecular formula is C12H13N3O2. The SMILES string of the molecule is c1nnc(-c2ccc(NC3CCOC3)cc2)o1. The third kappa shape index (κ3) is 2.29. The van der Waals surface area contributed by atoms with Crippen LogP contribution < -0.4 is 5.32 Å². The molecule has 88 valence electrons. The summed E-state index contributed by atoms with van der Waals surface area (Å²) in [4.78, 5) is 0. The lowest BCUT2D eigenvalue weighted by molar-refractivity contribution is 0.195. The molecule has 2 aromatic rings. The first-order valence-electron chi connectivity index (χ1n) is 5.63. The van der Waals surface area contributed by atoms with Gasteiger partial charge in [0.25, 0.3) is 0 Å². The molecule has 1 aliphatic rings. The van der Waals surface area contributed by atoms with Crippen molar-refractivity contribution in [3.05, 3.63) is 30.7 Å². The number of aromatic nitrogens is 2. The van der Waals surface area contributed by atoms with E-state index in [1.807, 2.05) is 24.3 Å². The molecule has 17 heavy (non-hydrogen) atoms. The van der Waals surface area contributed by atoms with Crippen molar-refractivity contribution in [1.29, 1.82) is 0 Å². The average Bonchev–Trinajstić information content (AvgIpc) is 3.01. The van der Waals surface area contributed by atoms with Gasteiger partial charge in [0.05, 0.1) is 12.6 Å². The molecule has 0 spiro atoms. The highest BCUT2D eigenvalue weighted by Crippen LogP contribution is 2.20. The van der Waals surface area contributed by atoms with Gasteiger partial charge in [0.2, 0.25) is 12.3 Å². The highest BCUT2D eigenvalue weighted by molar-refractivity contribution is 5.58. The minimum absolute atomic E-state index is 0.421. The van der Waals surface area contributed by atoms with Crippen molar-refractivity contribution in [2.45, 2.75) is 12.5 Å². The predicted octanol–water partition coefficient (Wildman–Crippen LogP) is 1.94. The molecule has 1 atom stereocenters. The molecule has 5 nitrogen and oxygen atoms in total. The maximum atomic E-state index is 5.32. The van der Waals surface area contributed by atoms with E-state index in [1.165, 1.54) is 6.39 Å². The number of anilines is 1. The molecular weight excluding hydrogens is 218 g/mol. The summed E-state index contributed by atoms with van der Waals surface area (Å²) in [6, 6.07) is 8.37. The Hall–Kier alpha value is -1.88. The third-order valence-corrected chi connectivity index (χ3v) is 2.79. The van der Waals surface area contributed by atoms with Crippen LogP contribution in [0.1, 0.15) is 6.42 Å². The van der Waals surface area contributed by atoms with Crippen LogP contribution >= 0.6 is 0 Å². The second-order valence-corrected chi connectivity index (χ2v) is 4.03. The summed E-state index contributed by atoms with van der Waals surface area (Å²) in [6.45, 7) is 1.63. The van der Waals surface area contributed by atoms with E-state index < -0.39 is 0 Å². The molecule has 1 unspecified atom stereocenters. The first-order chi connectivity index (χ1) is 8.42. The van der Waals surface area contributed by atoms with Crippen LogP contribution in [0, 0.1) is 0 Å². The minimum Gasteiger partial charge on any atom is -0.423 e. The Morgan fingerprint density at radius 1 is 1.24 bits per heavy atom. The summed E-state index contributed by atoms with van der Waals surface area (Å²) < 4.78 is 10.4. The molecule has 3 rings (SSSR count). The number of nitrogens with zero attached hydrogens (tertiary/aromatic N) is 2. The molecule has 0 saturated carbocycles. The molecule has 1 saturated heterocycles. The lowest BCUT2D eigenvalue weighted by Gasteiger charge is -2.11. The third-order valence-electron chi connectivity index (χ3n) is 2.79. The second-order valence-electron chi connectivity index (χ2n) is 4.03. The van der Waals surface area contributed by atoms with Crippen LogP contribution in [0.15, 0.2) is 35.1 Å². The largest absolute Gasteiger partial charge is 0.423 e. The normalized spacial score (nSPS) is 19.4. The summed E-state index contributed by atoms with van der Waals surface area (Å²) in [5.74, 6) is 0.542. The summed E-state index contributed by atoms with van der Waals surface area (Å²) in [5.41, 5.74) is 2.01. The van der Waals surface area contributed by atoms with Gasteiger partial charge >= 0.3 is 0 Å². The van der Waals surface area contributed by atoms with Crippen molar-refractivity contribution in [2.75, 3.05) is 18.5 Å². The van der Waals surface area contributed by atoms with Gasteiger partial charge in [-0.15, -0.1) is 10.2 Å². The molecule has 0 radical (unpaired) electrons. The van der Waals surface area contributed by atoms with E-state index in [1.54, 1.807) is 0 Å². The van der Waals surface area contributed by atoms with Crippen molar-refractivity contribution < 1.29 is 9.15 Å². The molecule has 0 bridgehead atoms. The first kappa shape index (κ1) is 10.3. The number of nitrogens with one attached hydrogen (secondary N) is 1. The van der Waals surface area contributed by atoms with Gasteiger partial charge in [-0.2, -0.15) is 0 Å². The van der Waals surface area contributed by atoms with Crippen molar-refractivity contribution in [3.63, 3.8) is 0 Å². The van der Waals surface area contributed by atoms with E-state index >= 15 is 0 Å². The Labute approximate surface area is 98.8 Å². The second kappa shape index (κ2) is 4.55. The van der Waals surface area contributed by atoms with Crippen LogP contribution in [-0.4, -0.2) is 29.5 Å². The van der Waals surface area contributed by atoms with Gasteiger partial charge in [0.15, 0.2) is 0 Å². The first-order valence-corrected chi connectivity index (χ1v) is 5.63. The van der Waals surface area contributed by atoms with Gasteiger partial charge in [-0.05, 0) is 30.7 Å². The Morgan fingerprint density at radius 2 is 2.12 bits per heavy atom. The highest BCUT2D eigenvalue weighted by Gasteiger charge is 2.14. The summed E-state index contributed by atoms with van der Waals surface area (Å²) in [6.07, 6.45) is 2.39. The van der Waals surface area contributed by atoms with E-state index in [-0.39, 0.29) is 0 Å². The van der Waals surface area contributed by atoms with Gasteiger partial charge in [0, 0.05) is 17.9 Å². The van der Waals surface area contributed by atoms with Gasteiger partial charge in [-0.25, -0.2) is 0 Å². The monoisotopic (exact) mass is 231 g/mol. The average molecular weight is 231 g/mol. The van der Waals surface area contributed by atoms with E-state index in [2.05, 4.69) is 15.5 Å². The van der Waals surface area contributed by atoms with Gasteiger partial charge in [0.1, 0.15) is 0 Å². The smallest absolute Gasteiger partial charge is 0.247 e. The van der Waals surface area contributed by atoms with E-state index in [0.717, 1.165) is 30.9 Å². The molecule has 1 aliphatic heterocycles. The molecule has 0 amide bonds. The minimum atomic E-state index is 0.421. The lowest BCUT2D eigenvalue weighted by Crippen LogP contribution is -2.18. The summed E-state index contributed by atoms with van der Waals surface area (Å²) in [7, 11) is 0. The summed E-state index contributed by atoms with van der Waals surface area (Å²) in [5, 5.41) is 10.9. The number of ether oxygens (including phenoxy) is 1. The Morgan fingerprint density at radius 3 is 2.76 bits per heavy atom. The zero-order chi connectivity index (χ0) is 11.5. The van der Waals surface area contributed by atoms with Crippen LogP contribution in [0.3, 0.4) is 0 Å². The van der Waals surface area contributed by atoms with Crippen molar-refractivity contribution in [2.24, 2.45) is 0 Å². The summed E-state index contributed by atoms with van der Waals surface area (Å²) >= 11 is 0. The molecule has 0 aliphatic carbocycles. The van der Waals surface area contributed by atoms with Crippen LogP contribution in [0.25, 0.3) is 11.5 Å².